The summed E-state index contributed by atoms with van der Waals surface area (Å²) in [4.78, 5) is 11.6. The number of benzene rings is 3. The van der Waals surface area contributed by atoms with Gasteiger partial charge in [-0.15, -0.1) is 0 Å². The van der Waals surface area contributed by atoms with Crippen LogP contribution in [0.15, 0.2) is 77.7 Å². The van der Waals surface area contributed by atoms with E-state index in [4.69, 9.17) is 9.47 Å². The van der Waals surface area contributed by atoms with Crippen LogP contribution in [0.2, 0.25) is 0 Å². The van der Waals surface area contributed by atoms with Crippen LogP contribution in [0.1, 0.15) is 12.5 Å². The summed E-state index contributed by atoms with van der Waals surface area (Å²) >= 11 is 0. The maximum absolute atomic E-state index is 12.8. The zero-order chi connectivity index (χ0) is 22.3. The molecule has 162 valence electrons. The van der Waals surface area contributed by atoms with Gasteiger partial charge in [0.1, 0.15) is 11.5 Å². The lowest BCUT2D eigenvalue weighted by molar-refractivity contribution is -0.114. The zero-order valence-corrected chi connectivity index (χ0v) is 18.1. The number of carbonyl (C=O) groups excluding carboxylic acids is 1. The summed E-state index contributed by atoms with van der Waals surface area (Å²) in [6.45, 7) is 1.73. The Bertz CT molecular complexity index is 1130. The first-order valence-electron chi connectivity index (χ1n) is 9.62. The highest BCUT2D eigenvalue weighted by Gasteiger charge is 2.18. The van der Waals surface area contributed by atoms with E-state index in [1.165, 1.54) is 26.2 Å². The second kappa shape index (κ2) is 9.99. The Hall–Kier alpha value is -3.52. The minimum atomic E-state index is -3.87. The van der Waals surface area contributed by atoms with Crippen molar-refractivity contribution in [3.63, 3.8) is 0 Å². The van der Waals surface area contributed by atoms with Crippen molar-refractivity contribution in [2.45, 2.75) is 18.2 Å². The van der Waals surface area contributed by atoms with Crippen LogP contribution in [-0.4, -0.2) is 28.0 Å². The first kappa shape index (κ1) is 22.2. The van der Waals surface area contributed by atoms with Crippen LogP contribution < -0.4 is 19.5 Å². The van der Waals surface area contributed by atoms with E-state index in [1.54, 1.807) is 30.3 Å². The van der Waals surface area contributed by atoms with Gasteiger partial charge in [0, 0.05) is 19.0 Å². The smallest absolute Gasteiger partial charge is 0.261 e. The normalized spacial score (nSPS) is 10.9. The molecule has 0 atom stereocenters. The Balaban J connectivity index is 1.77. The molecule has 0 saturated carbocycles. The minimum Gasteiger partial charge on any atom is -0.497 e. The third-order valence-electron chi connectivity index (χ3n) is 4.41. The number of carbonyl (C=O) groups is 1. The monoisotopic (exact) mass is 440 g/mol. The summed E-state index contributed by atoms with van der Waals surface area (Å²) in [6, 6.07) is 20.7. The van der Waals surface area contributed by atoms with E-state index in [0.29, 0.717) is 30.2 Å². The fraction of sp³-hybridized carbons (Fsp3) is 0.174. The van der Waals surface area contributed by atoms with Crippen LogP contribution in [0.5, 0.6) is 11.5 Å². The van der Waals surface area contributed by atoms with Crippen molar-refractivity contribution >= 4 is 27.3 Å². The molecular formula is C23H24N2O5S. The number of hydrogen-bond acceptors (Lipinski definition) is 5. The van der Waals surface area contributed by atoms with Crippen LogP contribution in [0.25, 0.3) is 0 Å². The van der Waals surface area contributed by atoms with Crippen molar-refractivity contribution in [3.05, 3.63) is 78.4 Å². The molecule has 0 heterocycles. The molecule has 0 bridgehead atoms. The van der Waals surface area contributed by atoms with Crippen molar-refractivity contribution < 1.29 is 22.7 Å². The highest BCUT2D eigenvalue weighted by Crippen LogP contribution is 2.29. The lowest BCUT2D eigenvalue weighted by atomic mass is 10.2. The summed E-state index contributed by atoms with van der Waals surface area (Å²) in [6.07, 6.45) is 0.680. The fourth-order valence-corrected chi connectivity index (χ4v) is 3.97. The summed E-state index contributed by atoms with van der Waals surface area (Å²) in [5, 5.41) is 2.64. The Morgan fingerprint density at radius 2 is 1.68 bits per heavy atom. The first-order chi connectivity index (χ1) is 14.9. The van der Waals surface area contributed by atoms with E-state index in [-0.39, 0.29) is 16.5 Å². The van der Waals surface area contributed by atoms with Gasteiger partial charge in [-0.05, 0) is 48.0 Å². The Labute approximate surface area is 182 Å². The fourth-order valence-electron chi connectivity index (χ4n) is 2.89. The third kappa shape index (κ3) is 6.23. The second-order valence-corrected chi connectivity index (χ2v) is 8.44. The molecule has 0 aliphatic rings. The highest BCUT2D eigenvalue weighted by atomic mass is 32.2. The van der Waals surface area contributed by atoms with Crippen LogP contribution in [0, 0.1) is 0 Å². The molecule has 0 spiro atoms. The average molecular weight is 441 g/mol. The molecule has 2 N–H and O–H groups in total. The van der Waals surface area contributed by atoms with Crippen molar-refractivity contribution in [3.8, 4) is 11.5 Å². The lowest BCUT2D eigenvalue weighted by Gasteiger charge is -2.15. The molecule has 0 unspecified atom stereocenters. The molecule has 0 saturated heterocycles. The molecule has 0 aliphatic heterocycles. The molecular weight excluding hydrogens is 416 g/mol. The van der Waals surface area contributed by atoms with E-state index < -0.39 is 10.0 Å². The molecule has 31 heavy (non-hydrogen) atoms. The van der Waals surface area contributed by atoms with Gasteiger partial charge in [-0.25, -0.2) is 8.42 Å². The predicted molar refractivity (Wildman–Crippen MR) is 120 cm³/mol. The topological polar surface area (TPSA) is 93.7 Å². The maximum Gasteiger partial charge on any atom is 0.261 e. The summed E-state index contributed by atoms with van der Waals surface area (Å²) in [5.41, 5.74) is 1.80. The Morgan fingerprint density at radius 3 is 2.32 bits per heavy atom. The quantitative estimate of drug-likeness (QED) is 0.523. The predicted octanol–water partition coefficient (Wildman–Crippen LogP) is 4.08. The molecule has 0 fully saturated rings. The number of anilines is 2. The summed E-state index contributed by atoms with van der Waals surface area (Å²) in [7, 11) is -2.34. The molecule has 3 aromatic rings. The van der Waals surface area contributed by atoms with Crippen molar-refractivity contribution in [2.75, 3.05) is 23.8 Å². The number of hydrogen-bond donors (Lipinski definition) is 2. The molecule has 7 nitrogen and oxygen atoms in total. The van der Waals surface area contributed by atoms with Gasteiger partial charge in [0.2, 0.25) is 5.91 Å². The number of nitrogens with one attached hydrogen (secondary N) is 2. The van der Waals surface area contributed by atoms with Gasteiger partial charge in [-0.1, -0.05) is 30.3 Å². The second-order valence-electron chi connectivity index (χ2n) is 6.76. The number of rotatable bonds is 9. The summed E-state index contributed by atoms with van der Waals surface area (Å²) < 4.78 is 39.0. The standard InChI is InChI=1S/C23H24N2O5S/c1-17(26)24-22-16-21(31(27,28)25-19-8-10-20(29-2)11-9-19)12-13-23(22)30-15-14-18-6-4-3-5-7-18/h3-13,16,25H,14-15H2,1-2H3,(H,24,26). The highest BCUT2D eigenvalue weighted by molar-refractivity contribution is 7.92. The van der Waals surface area contributed by atoms with Crippen LogP contribution in [0.3, 0.4) is 0 Å². The number of amides is 1. The maximum atomic E-state index is 12.8. The van der Waals surface area contributed by atoms with Crippen molar-refractivity contribution in [1.82, 2.24) is 0 Å². The number of ether oxygens (including phenoxy) is 2. The van der Waals surface area contributed by atoms with Gasteiger partial charge >= 0.3 is 0 Å². The van der Waals surface area contributed by atoms with Gasteiger partial charge in [0.05, 0.1) is 24.3 Å². The van der Waals surface area contributed by atoms with Gasteiger partial charge in [0.25, 0.3) is 10.0 Å². The molecule has 0 aliphatic carbocycles. The minimum absolute atomic E-state index is 0.00229. The molecule has 3 aromatic carbocycles. The third-order valence-corrected chi connectivity index (χ3v) is 5.78. The molecule has 0 aromatic heterocycles. The first-order valence-corrected chi connectivity index (χ1v) is 11.1. The molecule has 3 rings (SSSR count). The van der Waals surface area contributed by atoms with E-state index in [2.05, 4.69) is 10.0 Å². The van der Waals surface area contributed by atoms with Crippen LogP contribution >= 0.6 is 0 Å². The van der Waals surface area contributed by atoms with Crippen LogP contribution in [0.4, 0.5) is 11.4 Å². The van der Waals surface area contributed by atoms with Crippen LogP contribution in [-0.2, 0) is 21.2 Å². The largest absolute Gasteiger partial charge is 0.497 e. The van der Waals surface area contributed by atoms with E-state index >= 15 is 0 Å². The van der Waals surface area contributed by atoms with Gasteiger partial charge < -0.3 is 14.8 Å². The van der Waals surface area contributed by atoms with E-state index in [0.717, 1.165) is 5.56 Å². The molecule has 8 heteroatoms. The van der Waals surface area contributed by atoms with Gasteiger partial charge in [-0.2, -0.15) is 0 Å². The lowest BCUT2D eigenvalue weighted by Crippen LogP contribution is -2.15. The van der Waals surface area contributed by atoms with E-state index in [9.17, 15) is 13.2 Å². The zero-order valence-electron chi connectivity index (χ0n) is 17.3. The van der Waals surface area contributed by atoms with Crippen molar-refractivity contribution in [1.29, 1.82) is 0 Å². The SMILES string of the molecule is COc1ccc(NS(=O)(=O)c2ccc(OCCc3ccccc3)c(NC(C)=O)c2)cc1. The molecule has 0 radical (unpaired) electrons. The summed E-state index contributed by atoms with van der Waals surface area (Å²) in [5.74, 6) is 0.688. The van der Waals surface area contributed by atoms with Crippen molar-refractivity contribution in [2.24, 2.45) is 0 Å². The van der Waals surface area contributed by atoms with Gasteiger partial charge in [-0.3, -0.25) is 9.52 Å². The Morgan fingerprint density at radius 1 is 0.968 bits per heavy atom. The number of methoxy groups -OCH3 is 1. The van der Waals surface area contributed by atoms with Gasteiger partial charge in [0.15, 0.2) is 0 Å². The molecule has 1 amide bonds. The number of sulfonamides is 1. The Kier molecular flexibility index (Phi) is 7.15. The average Bonchev–Trinajstić information content (AvgIpc) is 2.75. The van der Waals surface area contributed by atoms with E-state index in [1.807, 2.05) is 30.3 Å².